The van der Waals surface area contributed by atoms with E-state index in [1.165, 1.54) is 6.07 Å². The van der Waals surface area contributed by atoms with Gasteiger partial charge in [0.05, 0.1) is 16.5 Å². The van der Waals surface area contributed by atoms with Crippen molar-refractivity contribution in [2.45, 2.75) is 25.4 Å². The summed E-state index contributed by atoms with van der Waals surface area (Å²) in [6.45, 7) is 1.91. The molecule has 1 heterocycles. The van der Waals surface area contributed by atoms with E-state index in [9.17, 15) is 12.8 Å². The molecule has 0 spiro atoms. The van der Waals surface area contributed by atoms with Crippen LogP contribution in [0.2, 0.25) is 5.02 Å². The van der Waals surface area contributed by atoms with E-state index < -0.39 is 15.7 Å². The maximum absolute atomic E-state index is 13.0. The van der Waals surface area contributed by atoms with Crippen molar-refractivity contribution < 1.29 is 12.8 Å². The topological polar surface area (TPSA) is 46.2 Å². The fourth-order valence-corrected chi connectivity index (χ4v) is 4.03. The van der Waals surface area contributed by atoms with E-state index >= 15 is 0 Å². The lowest BCUT2D eigenvalue weighted by atomic mass is 10.1. The quantitative estimate of drug-likeness (QED) is 0.930. The van der Waals surface area contributed by atoms with Crippen molar-refractivity contribution in [1.29, 1.82) is 0 Å². The summed E-state index contributed by atoms with van der Waals surface area (Å²) in [5.74, 6) is -0.0375. The van der Waals surface area contributed by atoms with Crippen molar-refractivity contribution in [2.24, 2.45) is 0 Å². The minimum absolute atomic E-state index is 0.0335. The van der Waals surface area contributed by atoms with Crippen LogP contribution in [0.25, 0.3) is 0 Å². The lowest BCUT2D eigenvalue weighted by Crippen LogP contribution is -2.32. The molecule has 1 saturated heterocycles. The van der Waals surface area contributed by atoms with Gasteiger partial charge >= 0.3 is 0 Å². The van der Waals surface area contributed by atoms with Crippen LogP contribution in [0.4, 0.5) is 4.39 Å². The molecule has 2 atom stereocenters. The average molecular weight is 292 g/mol. The number of nitrogens with one attached hydrogen (secondary N) is 1. The molecule has 1 aromatic carbocycles. The van der Waals surface area contributed by atoms with Gasteiger partial charge in [-0.3, -0.25) is 0 Å². The predicted octanol–water partition coefficient (Wildman–Crippen LogP) is 2.32. The van der Waals surface area contributed by atoms with Gasteiger partial charge in [-0.05, 0) is 31.0 Å². The molecule has 1 fully saturated rings. The van der Waals surface area contributed by atoms with Crippen LogP contribution in [0.3, 0.4) is 0 Å². The van der Waals surface area contributed by atoms with Crippen LogP contribution in [0.5, 0.6) is 0 Å². The molecular formula is C12H15ClFNO2S. The molecule has 0 saturated carbocycles. The summed E-state index contributed by atoms with van der Waals surface area (Å²) in [5, 5.41) is 3.32. The summed E-state index contributed by atoms with van der Waals surface area (Å²) in [5.41, 5.74) is 0.852. The Labute approximate surface area is 111 Å². The highest BCUT2D eigenvalue weighted by Gasteiger charge is 2.28. The second-order valence-corrected chi connectivity index (χ2v) is 7.30. The lowest BCUT2D eigenvalue weighted by molar-refractivity contribution is 0.484. The summed E-state index contributed by atoms with van der Waals surface area (Å²) < 4.78 is 35.7. The molecule has 0 aliphatic carbocycles. The predicted molar refractivity (Wildman–Crippen MR) is 70.0 cm³/mol. The molecule has 1 aromatic rings. The second kappa shape index (κ2) is 5.15. The molecule has 100 valence electrons. The van der Waals surface area contributed by atoms with Crippen LogP contribution in [-0.4, -0.2) is 26.0 Å². The van der Waals surface area contributed by atoms with Crippen LogP contribution >= 0.6 is 11.6 Å². The number of sulfone groups is 1. The molecule has 0 amide bonds. The minimum Gasteiger partial charge on any atom is -0.306 e. The Kier molecular flexibility index (Phi) is 3.94. The molecule has 1 aliphatic heterocycles. The van der Waals surface area contributed by atoms with Gasteiger partial charge < -0.3 is 5.32 Å². The van der Waals surface area contributed by atoms with Gasteiger partial charge in [0.15, 0.2) is 9.84 Å². The highest BCUT2D eigenvalue weighted by atomic mass is 35.5. The Morgan fingerprint density at radius 3 is 2.78 bits per heavy atom. The third-order valence-corrected chi connectivity index (χ3v) is 5.22. The van der Waals surface area contributed by atoms with E-state index in [2.05, 4.69) is 5.32 Å². The first kappa shape index (κ1) is 13.8. The molecule has 0 bridgehead atoms. The van der Waals surface area contributed by atoms with E-state index in [0.29, 0.717) is 6.42 Å². The van der Waals surface area contributed by atoms with Gasteiger partial charge in [-0.2, -0.15) is 0 Å². The molecule has 2 rings (SSSR count). The van der Waals surface area contributed by atoms with Crippen molar-refractivity contribution in [3.63, 3.8) is 0 Å². The highest BCUT2D eigenvalue weighted by Crippen LogP contribution is 2.22. The smallest absolute Gasteiger partial charge is 0.151 e. The van der Waals surface area contributed by atoms with Crippen LogP contribution in [-0.2, 0) is 9.84 Å². The van der Waals surface area contributed by atoms with E-state index in [-0.39, 0.29) is 28.6 Å². The van der Waals surface area contributed by atoms with Gasteiger partial charge in [-0.15, -0.1) is 0 Å². The third-order valence-electron chi connectivity index (χ3n) is 3.16. The Hall–Kier alpha value is -0.650. The van der Waals surface area contributed by atoms with Crippen LogP contribution in [0.1, 0.15) is 24.9 Å². The van der Waals surface area contributed by atoms with Crippen molar-refractivity contribution in [3.8, 4) is 0 Å². The fourth-order valence-electron chi connectivity index (χ4n) is 2.16. The van der Waals surface area contributed by atoms with Crippen LogP contribution in [0, 0.1) is 5.82 Å². The minimum atomic E-state index is -2.89. The Morgan fingerprint density at radius 2 is 2.22 bits per heavy atom. The van der Waals surface area contributed by atoms with Gasteiger partial charge in [0.2, 0.25) is 0 Å². The summed E-state index contributed by atoms with van der Waals surface area (Å²) >= 11 is 5.72. The third kappa shape index (κ3) is 3.22. The summed E-state index contributed by atoms with van der Waals surface area (Å²) in [7, 11) is -2.89. The molecule has 0 aromatic heterocycles. The number of hydrogen-bond donors (Lipinski definition) is 1. The first-order chi connectivity index (χ1) is 8.37. The zero-order valence-electron chi connectivity index (χ0n) is 9.99. The maximum Gasteiger partial charge on any atom is 0.151 e. The Bertz CT molecular complexity index is 547. The van der Waals surface area contributed by atoms with Crippen molar-refractivity contribution in [3.05, 3.63) is 34.6 Å². The molecule has 0 radical (unpaired) electrons. The van der Waals surface area contributed by atoms with Gasteiger partial charge in [0.1, 0.15) is 5.82 Å². The zero-order chi connectivity index (χ0) is 13.3. The second-order valence-electron chi connectivity index (χ2n) is 4.66. The average Bonchev–Trinajstić information content (AvgIpc) is 2.62. The first-order valence-corrected chi connectivity index (χ1v) is 7.99. The molecule has 18 heavy (non-hydrogen) atoms. The fraction of sp³-hybridized carbons (Fsp3) is 0.500. The molecule has 6 heteroatoms. The lowest BCUT2D eigenvalue weighted by Gasteiger charge is -2.19. The Balaban J connectivity index is 2.04. The molecule has 3 nitrogen and oxygen atoms in total. The standard InChI is InChI=1S/C12H15ClFNO2S/c1-8(9-2-3-12(14)11(13)6-9)15-10-4-5-18(16,17)7-10/h2-3,6,8,10,15H,4-5,7H2,1H3. The van der Waals surface area contributed by atoms with E-state index in [0.717, 1.165) is 5.56 Å². The summed E-state index contributed by atoms with van der Waals surface area (Å²) in [6.07, 6.45) is 0.627. The van der Waals surface area contributed by atoms with E-state index in [4.69, 9.17) is 11.6 Å². The number of hydrogen-bond acceptors (Lipinski definition) is 3. The van der Waals surface area contributed by atoms with Gasteiger partial charge in [0, 0.05) is 12.1 Å². The number of rotatable bonds is 3. The van der Waals surface area contributed by atoms with Crippen molar-refractivity contribution >= 4 is 21.4 Å². The largest absolute Gasteiger partial charge is 0.306 e. The molecule has 1 N–H and O–H groups in total. The van der Waals surface area contributed by atoms with Crippen molar-refractivity contribution in [2.75, 3.05) is 11.5 Å². The zero-order valence-corrected chi connectivity index (χ0v) is 11.6. The van der Waals surface area contributed by atoms with Crippen molar-refractivity contribution in [1.82, 2.24) is 5.32 Å². The molecule has 1 aliphatic rings. The Morgan fingerprint density at radius 1 is 1.50 bits per heavy atom. The van der Waals surface area contributed by atoms with Crippen LogP contribution < -0.4 is 5.32 Å². The highest BCUT2D eigenvalue weighted by molar-refractivity contribution is 7.91. The maximum atomic E-state index is 13.0. The summed E-state index contributed by atoms with van der Waals surface area (Å²) in [6, 6.07) is 4.46. The summed E-state index contributed by atoms with van der Waals surface area (Å²) in [4.78, 5) is 0. The van der Waals surface area contributed by atoms with Gasteiger partial charge in [0.25, 0.3) is 0 Å². The van der Waals surface area contributed by atoms with Crippen LogP contribution in [0.15, 0.2) is 18.2 Å². The number of benzene rings is 1. The normalized spacial score (nSPS) is 24.1. The van der Waals surface area contributed by atoms with Gasteiger partial charge in [-0.25, -0.2) is 12.8 Å². The number of halogens is 2. The van der Waals surface area contributed by atoms with E-state index in [1.54, 1.807) is 12.1 Å². The van der Waals surface area contributed by atoms with E-state index in [1.807, 2.05) is 6.92 Å². The monoisotopic (exact) mass is 291 g/mol. The molecule has 2 unspecified atom stereocenters. The first-order valence-electron chi connectivity index (χ1n) is 5.79. The van der Waals surface area contributed by atoms with Gasteiger partial charge in [-0.1, -0.05) is 17.7 Å². The SMILES string of the molecule is CC(NC1CCS(=O)(=O)C1)c1ccc(F)c(Cl)c1. The molecular weight excluding hydrogens is 277 g/mol.